The van der Waals surface area contributed by atoms with E-state index in [1.165, 1.54) is 12.1 Å². The standard InChI is InChI=1S/C18H11F6N5O2/c1-29(17(30)11-3-2-6-25-13(11)18(22,23)24)26-8-10-5-4-9(7-12(10)19)15-27-28-16(31-15)14(20)21/h2-8,14H,1H3/b26-8+. The van der Waals surface area contributed by atoms with Crippen LogP contribution in [0.5, 0.6) is 0 Å². The van der Waals surface area contributed by atoms with Gasteiger partial charge in [0.2, 0.25) is 5.89 Å². The molecule has 31 heavy (non-hydrogen) atoms. The van der Waals surface area contributed by atoms with Crippen molar-refractivity contribution in [3.8, 4) is 11.5 Å². The Hall–Kier alpha value is -3.77. The number of rotatable bonds is 5. The van der Waals surface area contributed by atoms with Crippen LogP contribution in [0, 0.1) is 5.82 Å². The Labute approximate surface area is 170 Å². The lowest BCUT2D eigenvalue weighted by atomic mass is 10.1. The van der Waals surface area contributed by atoms with E-state index in [0.717, 1.165) is 37.7 Å². The molecule has 0 unspecified atom stereocenters. The van der Waals surface area contributed by atoms with E-state index in [4.69, 9.17) is 4.42 Å². The lowest BCUT2D eigenvalue weighted by Gasteiger charge is -2.14. The van der Waals surface area contributed by atoms with E-state index in [9.17, 15) is 31.1 Å². The number of hydrogen-bond acceptors (Lipinski definition) is 6. The average Bonchev–Trinajstić information content (AvgIpc) is 3.22. The van der Waals surface area contributed by atoms with Crippen molar-refractivity contribution in [2.24, 2.45) is 5.10 Å². The number of benzene rings is 1. The van der Waals surface area contributed by atoms with Crippen LogP contribution in [0.25, 0.3) is 11.5 Å². The summed E-state index contributed by atoms with van der Waals surface area (Å²) in [6.45, 7) is 0. The molecule has 1 aromatic carbocycles. The second-order valence-electron chi connectivity index (χ2n) is 5.95. The first kappa shape index (κ1) is 21.9. The van der Waals surface area contributed by atoms with Crippen molar-refractivity contribution in [1.29, 1.82) is 0 Å². The minimum Gasteiger partial charge on any atom is -0.415 e. The SMILES string of the molecule is CN(/N=C/c1ccc(-c2nnc(C(F)F)o2)cc1F)C(=O)c1cccnc1C(F)(F)F. The van der Waals surface area contributed by atoms with E-state index in [2.05, 4.69) is 20.3 Å². The monoisotopic (exact) mass is 443 g/mol. The van der Waals surface area contributed by atoms with Gasteiger partial charge in [-0.15, -0.1) is 10.2 Å². The molecule has 0 aliphatic heterocycles. The third-order valence-electron chi connectivity index (χ3n) is 3.85. The fourth-order valence-electron chi connectivity index (χ4n) is 2.38. The van der Waals surface area contributed by atoms with Crippen LogP contribution in [-0.4, -0.2) is 39.4 Å². The summed E-state index contributed by atoms with van der Waals surface area (Å²) in [6, 6.07) is 5.48. The fraction of sp³-hybridized carbons (Fsp3) is 0.167. The first-order valence-corrected chi connectivity index (χ1v) is 8.33. The third kappa shape index (κ3) is 4.87. The van der Waals surface area contributed by atoms with Crippen LogP contribution in [-0.2, 0) is 6.18 Å². The molecule has 1 amide bonds. The molecular weight excluding hydrogens is 432 g/mol. The van der Waals surface area contributed by atoms with Gasteiger partial charge in [-0.1, -0.05) is 0 Å². The van der Waals surface area contributed by atoms with Gasteiger partial charge in [0.05, 0.1) is 11.8 Å². The predicted octanol–water partition coefficient (Wildman–Crippen LogP) is 4.33. The van der Waals surface area contributed by atoms with Crippen molar-refractivity contribution >= 4 is 12.1 Å². The molecule has 0 saturated carbocycles. The summed E-state index contributed by atoms with van der Waals surface area (Å²) in [5.74, 6) is -3.24. The second-order valence-corrected chi connectivity index (χ2v) is 5.95. The number of nitrogens with zero attached hydrogens (tertiary/aromatic N) is 5. The Morgan fingerprint density at radius 3 is 2.58 bits per heavy atom. The number of amides is 1. The summed E-state index contributed by atoms with van der Waals surface area (Å²) < 4.78 is 83.1. The zero-order valence-corrected chi connectivity index (χ0v) is 15.4. The molecule has 162 valence electrons. The number of aromatic nitrogens is 3. The topological polar surface area (TPSA) is 84.5 Å². The lowest BCUT2D eigenvalue weighted by Crippen LogP contribution is -2.25. The molecule has 0 aliphatic carbocycles. The summed E-state index contributed by atoms with van der Waals surface area (Å²) >= 11 is 0. The maximum absolute atomic E-state index is 14.3. The maximum Gasteiger partial charge on any atom is 0.434 e. The molecule has 7 nitrogen and oxygen atoms in total. The zero-order valence-electron chi connectivity index (χ0n) is 15.4. The largest absolute Gasteiger partial charge is 0.434 e. The number of carbonyl (C=O) groups excluding carboxylic acids is 1. The number of hydrazone groups is 1. The first-order valence-electron chi connectivity index (χ1n) is 8.33. The quantitative estimate of drug-likeness (QED) is 0.333. The number of halogens is 6. The smallest absolute Gasteiger partial charge is 0.415 e. The van der Waals surface area contributed by atoms with Crippen LogP contribution < -0.4 is 0 Å². The maximum atomic E-state index is 14.3. The highest BCUT2D eigenvalue weighted by Crippen LogP contribution is 2.30. The van der Waals surface area contributed by atoms with E-state index in [1.807, 2.05) is 0 Å². The molecule has 2 heterocycles. The molecule has 3 aromatic rings. The van der Waals surface area contributed by atoms with Gasteiger partial charge >= 0.3 is 12.6 Å². The van der Waals surface area contributed by atoms with Crippen LogP contribution >= 0.6 is 0 Å². The van der Waals surface area contributed by atoms with Crippen LogP contribution in [0.4, 0.5) is 26.3 Å². The molecule has 0 N–H and O–H groups in total. The Kier molecular flexibility index (Phi) is 6.04. The van der Waals surface area contributed by atoms with Crippen molar-refractivity contribution in [3.63, 3.8) is 0 Å². The minimum atomic E-state index is -4.85. The number of hydrogen-bond donors (Lipinski definition) is 0. The van der Waals surface area contributed by atoms with Gasteiger partial charge in [0, 0.05) is 24.4 Å². The van der Waals surface area contributed by atoms with Crippen LogP contribution in [0.1, 0.15) is 33.9 Å². The molecule has 13 heteroatoms. The molecular formula is C18H11F6N5O2. The highest BCUT2D eigenvalue weighted by atomic mass is 19.4. The molecule has 0 radical (unpaired) electrons. The summed E-state index contributed by atoms with van der Waals surface area (Å²) in [7, 11) is 1.09. The van der Waals surface area contributed by atoms with Crippen molar-refractivity contribution in [3.05, 3.63) is 65.1 Å². The Bertz CT molecular complexity index is 1130. The van der Waals surface area contributed by atoms with E-state index < -0.39 is 41.5 Å². The number of pyridine rings is 1. The molecule has 3 rings (SSSR count). The predicted molar refractivity (Wildman–Crippen MR) is 93.6 cm³/mol. The fourth-order valence-corrected chi connectivity index (χ4v) is 2.38. The average molecular weight is 443 g/mol. The van der Waals surface area contributed by atoms with Gasteiger partial charge in [-0.05, 0) is 30.3 Å². The highest BCUT2D eigenvalue weighted by molar-refractivity contribution is 5.96. The van der Waals surface area contributed by atoms with E-state index >= 15 is 0 Å². The van der Waals surface area contributed by atoms with Crippen molar-refractivity contribution in [2.45, 2.75) is 12.6 Å². The molecule has 0 fully saturated rings. The van der Waals surface area contributed by atoms with Crippen LogP contribution in [0.2, 0.25) is 0 Å². The summed E-state index contributed by atoms with van der Waals surface area (Å²) in [4.78, 5) is 15.5. The molecule has 0 atom stereocenters. The van der Waals surface area contributed by atoms with E-state index in [-0.39, 0.29) is 17.0 Å². The Balaban J connectivity index is 1.79. The van der Waals surface area contributed by atoms with Crippen molar-refractivity contribution in [1.82, 2.24) is 20.2 Å². The molecule has 0 bridgehead atoms. The molecule has 0 aliphatic rings. The molecule has 0 saturated heterocycles. The van der Waals surface area contributed by atoms with Gasteiger partial charge in [-0.2, -0.15) is 27.1 Å². The van der Waals surface area contributed by atoms with E-state index in [1.54, 1.807) is 0 Å². The van der Waals surface area contributed by atoms with Gasteiger partial charge in [0.1, 0.15) is 5.82 Å². The van der Waals surface area contributed by atoms with Gasteiger partial charge < -0.3 is 4.42 Å². The number of alkyl halides is 5. The van der Waals surface area contributed by atoms with Gasteiger partial charge in [0.25, 0.3) is 11.8 Å². The molecule has 0 spiro atoms. The summed E-state index contributed by atoms with van der Waals surface area (Å²) in [5, 5.41) is 10.8. The van der Waals surface area contributed by atoms with Crippen LogP contribution in [0.3, 0.4) is 0 Å². The van der Waals surface area contributed by atoms with Crippen molar-refractivity contribution in [2.75, 3.05) is 7.05 Å². The highest BCUT2D eigenvalue weighted by Gasteiger charge is 2.37. The van der Waals surface area contributed by atoms with Gasteiger partial charge in [0.15, 0.2) is 5.69 Å². The summed E-state index contributed by atoms with van der Waals surface area (Å²) in [5.41, 5.74) is -2.22. The van der Waals surface area contributed by atoms with Gasteiger partial charge in [-0.3, -0.25) is 9.78 Å². The number of carbonyl (C=O) groups is 1. The minimum absolute atomic E-state index is 0.0173. The first-order chi connectivity index (χ1) is 14.6. The Morgan fingerprint density at radius 2 is 1.97 bits per heavy atom. The van der Waals surface area contributed by atoms with Crippen molar-refractivity contribution < 1.29 is 35.6 Å². The molecule has 2 aromatic heterocycles. The lowest BCUT2D eigenvalue weighted by molar-refractivity contribution is -0.141. The normalized spacial score (nSPS) is 12.0. The zero-order chi connectivity index (χ0) is 22.8. The Morgan fingerprint density at radius 1 is 1.23 bits per heavy atom. The summed E-state index contributed by atoms with van der Waals surface area (Å²) in [6.07, 6.45) is -6.03. The van der Waals surface area contributed by atoms with Gasteiger partial charge in [-0.25, -0.2) is 9.40 Å². The van der Waals surface area contributed by atoms with Crippen LogP contribution in [0.15, 0.2) is 46.0 Å². The second kappa shape index (κ2) is 8.53. The van der Waals surface area contributed by atoms with E-state index in [0.29, 0.717) is 5.01 Å². The third-order valence-corrected chi connectivity index (χ3v) is 3.85.